The first kappa shape index (κ1) is 13.7. The smallest absolute Gasteiger partial charge is 0.253 e. The Kier molecular flexibility index (Phi) is 3.34. The number of fused-ring (bicyclic) bond motifs is 3. The Morgan fingerprint density at radius 2 is 1.95 bits per heavy atom. The second kappa shape index (κ2) is 5.36. The monoisotopic (exact) mass is 295 g/mol. The summed E-state index contributed by atoms with van der Waals surface area (Å²) < 4.78 is 0. The molecule has 1 aromatic carbocycles. The molecule has 2 aliphatic heterocycles. The van der Waals surface area contributed by atoms with Crippen molar-refractivity contribution in [2.45, 2.75) is 43.8 Å². The summed E-state index contributed by atoms with van der Waals surface area (Å²) in [5.74, 6) is 0.00667. The second-order valence-corrected chi connectivity index (χ2v) is 6.61. The highest BCUT2D eigenvalue weighted by molar-refractivity contribution is 5.97. The molecule has 0 aliphatic carbocycles. The van der Waals surface area contributed by atoms with Crippen LogP contribution in [-0.4, -0.2) is 41.0 Å². The molecule has 1 unspecified atom stereocenters. The molecule has 1 N–H and O–H groups in total. The minimum atomic E-state index is 0.00667. The lowest BCUT2D eigenvalue weighted by molar-refractivity contribution is 0.0882. The second-order valence-electron chi connectivity index (χ2n) is 6.61. The fourth-order valence-electron chi connectivity index (χ4n) is 3.99. The largest absolute Gasteiger partial charge is 0.349 e. The zero-order chi connectivity index (χ0) is 15.1. The summed E-state index contributed by atoms with van der Waals surface area (Å²) in [4.78, 5) is 19.4. The number of carbonyl (C=O) groups is 1. The van der Waals surface area contributed by atoms with Crippen LogP contribution in [0.4, 0.5) is 0 Å². The molecular formula is C18H21N3O. The summed E-state index contributed by atoms with van der Waals surface area (Å²) >= 11 is 0. The number of nitrogens with one attached hydrogen (secondary N) is 1. The first-order valence-corrected chi connectivity index (χ1v) is 8.08. The number of hydrogen-bond donors (Lipinski definition) is 1. The van der Waals surface area contributed by atoms with Crippen molar-refractivity contribution in [2.75, 3.05) is 7.05 Å². The number of para-hydroxylation sites is 1. The summed E-state index contributed by atoms with van der Waals surface area (Å²) in [5, 5.41) is 4.23. The van der Waals surface area contributed by atoms with E-state index >= 15 is 0 Å². The van der Waals surface area contributed by atoms with Gasteiger partial charge in [-0.2, -0.15) is 0 Å². The topological polar surface area (TPSA) is 45.2 Å². The SMILES string of the molecule is CN1[C@@H]2CC[C@H]1CC(NC(=O)c1cnc3ccccc3c1)C2. The Morgan fingerprint density at radius 1 is 1.23 bits per heavy atom. The Bertz CT molecular complexity index is 700. The van der Waals surface area contributed by atoms with E-state index in [1.54, 1.807) is 6.20 Å². The summed E-state index contributed by atoms with van der Waals surface area (Å²) in [6.45, 7) is 0. The molecule has 2 aliphatic rings. The predicted octanol–water partition coefficient (Wildman–Crippen LogP) is 2.59. The fraction of sp³-hybridized carbons (Fsp3) is 0.444. The predicted molar refractivity (Wildman–Crippen MR) is 86.8 cm³/mol. The highest BCUT2D eigenvalue weighted by Crippen LogP contribution is 2.34. The molecule has 2 saturated heterocycles. The van der Waals surface area contributed by atoms with Gasteiger partial charge in [-0.15, -0.1) is 0 Å². The van der Waals surface area contributed by atoms with Gasteiger partial charge in [-0.1, -0.05) is 18.2 Å². The Hall–Kier alpha value is -1.94. The van der Waals surface area contributed by atoms with Gasteiger partial charge in [0.1, 0.15) is 0 Å². The van der Waals surface area contributed by atoms with Crippen molar-refractivity contribution in [3.05, 3.63) is 42.1 Å². The number of carbonyl (C=O) groups excluding carboxylic acids is 1. The van der Waals surface area contributed by atoms with Crippen LogP contribution in [0.1, 0.15) is 36.0 Å². The van der Waals surface area contributed by atoms with Gasteiger partial charge in [0.15, 0.2) is 0 Å². The summed E-state index contributed by atoms with van der Waals surface area (Å²) in [6.07, 6.45) is 6.36. The van der Waals surface area contributed by atoms with Crippen LogP contribution in [0.5, 0.6) is 0 Å². The first-order valence-electron chi connectivity index (χ1n) is 8.08. The van der Waals surface area contributed by atoms with E-state index in [1.165, 1.54) is 12.8 Å². The van der Waals surface area contributed by atoms with Gasteiger partial charge in [-0.3, -0.25) is 9.78 Å². The lowest BCUT2D eigenvalue weighted by Crippen LogP contribution is -2.48. The van der Waals surface area contributed by atoms with Crippen molar-refractivity contribution in [1.82, 2.24) is 15.2 Å². The molecule has 4 nitrogen and oxygen atoms in total. The first-order chi connectivity index (χ1) is 10.7. The molecule has 4 heteroatoms. The molecule has 1 amide bonds. The van der Waals surface area contributed by atoms with Crippen LogP contribution < -0.4 is 5.32 Å². The maximum atomic E-state index is 12.5. The van der Waals surface area contributed by atoms with Gasteiger partial charge in [0.25, 0.3) is 5.91 Å². The number of aromatic nitrogens is 1. The zero-order valence-corrected chi connectivity index (χ0v) is 12.8. The number of rotatable bonds is 2. The zero-order valence-electron chi connectivity index (χ0n) is 12.8. The molecule has 0 saturated carbocycles. The van der Waals surface area contributed by atoms with Gasteiger partial charge < -0.3 is 10.2 Å². The van der Waals surface area contributed by atoms with Crippen LogP contribution in [-0.2, 0) is 0 Å². The van der Waals surface area contributed by atoms with Gasteiger partial charge in [-0.25, -0.2) is 0 Å². The van der Waals surface area contributed by atoms with Crippen molar-refractivity contribution < 1.29 is 4.79 Å². The molecule has 2 aromatic rings. The molecule has 2 fully saturated rings. The average Bonchev–Trinajstić information content (AvgIpc) is 2.75. The summed E-state index contributed by atoms with van der Waals surface area (Å²) in [6, 6.07) is 11.4. The van der Waals surface area contributed by atoms with E-state index in [1.807, 2.05) is 30.3 Å². The lowest BCUT2D eigenvalue weighted by Gasteiger charge is -2.36. The van der Waals surface area contributed by atoms with Gasteiger partial charge in [0.2, 0.25) is 0 Å². The molecule has 2 bridgehead atoms. The van der Waals surface area contributed by atoms with Crippen molar-refractivity contribution in [1.29, 1.82) is 0 Å². The lowest BCUT2D eigenvalue weighted by atomic mass is 9.97. The van der Waals surface area contributed by atoms with Crippen LogP contribution in [0, 0.1) is 0 Å². The van der Waals surface area contributed by atoms with Crippen molar-refractivity contribution in [3.63, 3.8) is 0 Å². The van der Waals surface area contributed by atoms with Gasteiger partial charge in [-0.05, 0) is 44.9 Å². The van der Waals surface area contributed by atoms with Crippen molar-refractivity contribution >= 4 is 16.8 Å². The molecule has 0 radical (unpaired) electrons. The summed E-state index contributed by atoms with van der Waals surface area (Å²) in [7, 11) is 2.22. The number of piperidine rings is 1. The molecule has 3 atom stereocenters. The molecule has 1 aromatic heterocycles. The molecular weight excluding hydrogens is 274 g/mol. The van der Waals surface area contributed by atoms with E-state index in [-0.39, 0.29) is 5.91 Å². The van der Waals surface area contributed by atoms with Crippen LogP contribution in [0.2, 0.25) is 0 Å². The van der Waals surface area contributed by atoms with E-state index in [9.17, 15) is 4.79 Å². The minimum Gasteiger partial charge on any atom is -0.349 e. The van der Waals surface area contributed by atoms with Gasteiger partial charge >= 0.3 is 0 Å². The van der Waals surface area contributed by atoms with E-state index < -0.39 is 0 Å². The Balaban J connectivity index is 1.49. The van der Waals surface area contributed by atoms with Crippen LogP contribution in [0.25, 0.3) is 10.9 Å². The number of benzene rings is 1. The van der Waals surface area contributed by atoms with E-state index in [4.69, 9.17) is 0 Å². The molecule has 0 spiro atoms. The minimum absolute atomic E-state index is 0.00667. The normalized spacial score (nSPS) is 28.0. The average molecular weight is 295 g/mol. The Morgan fingerprint density at radius 3 is 2.73 bits per heavy atom. The van der Waals surface area contributed by atoms with Crippen LogP contribution in [0.15, 0.2) is 36.5 Å². The Labute approximate surface area is 130 Å². The standard InChI is InChI=1S/C18H21N3O/c1-21-15-6-7-16(21)10-14(9-15)20-18(22)13-8-12-4-2-3-5-17(12)19-11-13/h2-5,8,11,14-16H,6-7,9-10H2,1H3,(H,20,22)/t14?,15-,16+. The van der Waals surface area contributed by atoms with Crippen molar-refractivity contribution in [2.24, 2.45) is 0 Å². The fourth-order valence-corrected chi connectivity index (χ4v) is 3.99. The summed E-state index contributed by atoms with van der Waals surface area (Å²) in [5.41, 5.74) is 1.58. The maximum absolute atomic E-state index is 12.5. The third-order valence-corrected chi connectivity index (χ3v) is 5.29. The number of hydrogen-bond acceptors (Lipinski definition) is 3. The van der Waals surface area contributed by atoms with Crippen molar-refractivity contribution in [3.8, 4) is 0 Å². The number of pyridine rings is 1. The van der Waals surface area contributed by atoms with Crippen LogP contribution in [0.3, 0.4) is 0 Å². The van der Waals surface area contributed by atoms with Gasteiger partial charge in [0.05, 0.1) is 11.1 Å². The third-order valence-electron chi connectivity index (χ3n) is 5.29. The highest BCUT2D eigenvalue weighted by Gasteiger charge is 2.38. The van der Waals surface area contributed by atoms with E-state index in [2.05, 4.69) is 22.2 Å². The molecule has 22 heavy (non-hydrogen) atoms. The number of nitrogens with zero attached hydrogens (tertiary/aromatic N) is 2. The molecule has 114 valence electrons. The molecule has 4 rings (SSSR count). The van der Waals surface area contributed by atoms with E-state index in [0.717, 1.165) is 23.7 Å². The maximum Gasteiger partial charge on any atom is 0.253 e. The van der Waals surface area contributed by atoms with Gasteiger partial charge in [0, 0.05) is 29.7 Å². The van der Waals surface area contributed by atoms with E-state index in [0.29, 0.717) is 23.7 Å². The quantitative estimate of drug-likeness (QED) is 0.926. The number of amides is 1. The molecule has 3 heterocycles. The third kappa shape index (κ3) is 2.37. The highest BCUT2D eigenvalue weighted by atomic mass is 16.1. The van der Waals surface area contributed by atoms with Crippen LogP contribution >= 0.6 is 0 Å².